The van der Waals surface area contributed by atoms with Gasteiger partial charge in [-0.15, -0.1) is 0 Å². The van der Waals surface area contributed by atoms with E-state index in [-0.39, 0.29) is 10.0 Å². The van der Waals surface area contributed by atoms with Crippen LogP contribution in [0.5, 0.6) is 0 Å². The molecule has 0 amide bonds. The Balaban J connectivity index is 2.75. The molecule has 0 aliphatic carbocycles. The second-order valence-electron chi connectivity index (χ2n) is 3.21. The van der Waals surface area contributed by atoms with Crippen LogP contribution in [0.4, 0.5) is 10.1 Å². The average molecular weight is 248 g/mol. The number of anilines is 1. The molecule has 15 heavy (non-hydrogen) atoms. The van der Waals surface area contributed by atoms with Crippen molar-refractivity contribution >= 4 is 28.9 Å². The van der Waals surface area contributed by atoms with Crippen LogP contribution in [0.1, 0.15) is 13.3 Å². The van der Waals surface area contributed by atoms with E-state index in [0.717, 1.165) is 12.0 Å². The smallest absolute Gasteiger partial charge is 0.160 e. The molecule has 0 unspecified atom stereocenters. The summed E-state index contributed by atoms with van der Waals surface area (Å²) < 4.78 is 13.1. The van der Waals surface area contributed by atoms with Crippen LogP contribution in [-0.4, -0.2) is 6.54 Å². The van der Waals surface area contributed by atoms with Crippen LogP contribution in [0, 0.1) is 5.82 Å². The molecule has 0 spiro atoms. The van der Waals surface area contributed by atoms with Gasteiger partial charge in [-0.1, -0.05) is 42.3 Å². The first-order valence-corrected chi connectivity index (χ1v) is 5.35. The Labute approximate surface area is 98.9 Å². The minimum Gasteiger partial charge on any atom is -0.381 e. The quantitative estimate of drug-likeness (QED) is 0.610. The maximum Gasteiger partial charge on any atom is 0.160 e. The van der Waals surface area contributed by atoms with Gasteiger partial charge in [-0.3, -0.25) is 0 Å². The molecule has 0 atom stereocenters. The van der Waals surface area contributed by atoms with Crippen molar-refractivity contribution in [3.8, 4) is 0 Å². The molecule has 82 valence electrons. The molecule has 0 saturated carbocycles. The molecule has 0 saturated heterocycles. The minimum atomic E-state index is -0.585. The Kier molecular flexibility index (Phi) is 4.43. The van der Waals surface area contributed by atoms with E-state index in [2.05, 4.69) is 11.9 Å². The van der Waals surface area contributed by atoms with E-state index in [1.165, 1.54) is 12.1 Å². The SMILES string of the molecule is C=C(CC)CNc1cc(Cl)c(F)c(Cl)c1. The van der Waals surface area contributed by atoms with Crippen molar-refractivity contribution < 1.29 is 4.39 Å². The van der Waals surface area contributed by atoms with Crippen molar-refractivity contribution in [1.82, 2.24) is 0 Å². The molecule has 0 heterocycles. The lowest BCUT2D eigenvalue weighted by Crippen LogP contribution is -2.03. The fraction of sp³-hybridized carbons (Fsp3) is 0.273. The van der Waals surface area contributed by atoms with Crippen LogP contribution < -0.4 is 5.32 Å². The fourth-order valence-corrected chi connectivity index (χ4v) is 1.50. The topological polar surface area (TPSA) is 12.0 Å². The van der Waals surface area contributed by atoms with E-state index in [4.69, 9.17) is 23.2 Å². The highest BCUT2D eigenvalue weighted by Crippen LogP contribution is 2.27. The lowest BCUT2D eigenvalue weighted by Gasteiger charge is -2.08. The summed E-state index contributed by atoms with van der Waals surface area (Å²) in [4.78, 5) is 0. The van der Waals surface area contributed by atoms with Crippen LogP contribution in [-0.2, 0) is 0 Å². The number of rotatable bonds is 4. The van der Waals surface area contributed by atoms with Gasteiger partial charge in [0.25, 0.3) is 0 Å². The second kappa shape index (κ2) is 5.38. The van der Waals surface area contributed by atoms with Gasteiger partial charge in [0.1, 0.15) is 0 Å². The van der Waals surface area contributed by atoms with Crippen LogP contribution in [0.3, 0.4) is 0 Å². The zero-order chi connectivity index (χ0) is 11.4. The van der Waals surface area contributed by atoms with Gasteiger partial charge >= 0.3 is 0 Å². The molecule has 0 aromatic heterocycles. The summed E-state index contributed by atoms with van der Waals surface area (Å²) in [6.45, 7) is 6.50. The molecular formula is C11H12Cl2FN. The molecule has 0 bridgehead atoms. The zero-order valence-corrected chi connectivity index (χ0v) is 9.92. The van der Waals surface area contributed by atoms with Crippen LogP contribution in [0.25, 0.3) is 0 Å². The van der Waals surface area contributed by atoms with Crippen molar-refractivity contribution in [2.24, 2.45) is 0 Å². The first-order valence-electron chi connectivity index (χ1n) is 4.59. The maximum absolute atomic E-state index is 13.1. The molecular weight excluding hydrogens is 236 g/mol. The van der Waals surface area contributed by atoms with Crippen LogP contribution in [0.2, 0.25) is 10.0 Å². The third-order valence-corrected chi connectivity index (χ3v) is 2.58. The third kappa shape index (κ3) is 3.40. The Morgan fingerprint density at radius 3 is 2.40 bits per heavy atom. The molecule has 1 nitrogen and oxygen atoms in total. The fourth-order valence-electron chi connectivity index (χ4n) is 1.01. The van der Waals surface area contributed by atoms with E-state index in [1.54, 1.807) is 0 Å². The first-order chi connectivity index (χ1) is 7.04. The van der Waals surface area contributed by atoms with Gasteiger partial charge in [0.05, 0.1) is 10.0 Å². The summed E-state index contributed by atoms with van der Waals surface area (Å²) in [5.41, 5.74) is 1.76. The van der Waals surface area contributed by atoms with Crippen LogP contribution in [0.15, 0.2) is 24.3 Å². The van der Waals surface area contributed by atoms with E-state index in [0.29, 0.717) is 12.2 Å². The normalized spacial score (nSPS) is 10.1. The molecule has 1 N–H and O–H groups in total. The summed E-state index contributed by atoms with van der Waals surface area (Å²) in [5, 5.41) is 3.11. The number of benzene rings is 1. The number of halogens is 3. The number of hydrogen-bond donors (Lipinski definition) is 1. The Hall–Kier alpha value is -0.730. The highest BCUT2D eigenvalue weighted by atomic mass is 35.5. The number of hydrogen-bond acceptors (Lipinski definition) is 1. The predicted molar refractivity (Wildman–Crippen MR) is 64.3 cm³/mol. The first kappa shape index (κ1) is 12.3. The molecule has 4 heteroatoms. The Morgan fingerprint density at radius 1 is 1.40 bits per heavy atom. The van der Waals surface area contributed by atoms with Gasteiger partial charge < -0.3 is 5.32 Å². The van der Waals surface area contributed by atoms with Gasteiger partial charge in [0, 0.05) is 12.2 Å². The third-order valence-electron chi connectivity index (χ3n) is 2.03. The minimum absolute atomic E-state index is 0.0205. The molecule has 0 fully saturated rings. The average Bonchev–Trinajstić information content (AvgIpc) is 2.22. The Morgan fingerprint density at radius 2 is 1.93 bits per heavy atom. The van der Waals surface area contributed by atoms with Crippen molar-refractivity contribution in [3.05, 3.63) is 40.1 Å². The van der Waals surface area contributed by atoms with Crippen molar-refractivity contribution in [2.75, 3.05) is 11.9 Å². The van der Waals surface area contributed by atoms with Gasteiger partial charge in [-0.25, -0.2) is 4.39 Å². The van der Waals surface area contributed by atoms with Gasteiger partial charge in [-0.05, 0) is 18.6 Å². The lowest BCUT2D eigenvalue weighted by atomic mass is 10.2. The van der Waals surface area contributed by atoms with E-state index < -0.39 is 5.82 Å². The maximum atomic E-state index is 13.1. The molecule has 1 rings (SSSR count). The zero-order valence-electron chi connectivity index (χ0n) is 8.41. The molecule has 0 aliphatic rings. The molecule has 1 aromatic rings. The van der Waals surface area contributed by atoms with E-state index in [9.17, 15) is 4.39 Å². The second-order valence-corrected chi connectivity index (χ2v) is 4.03. The van der Waals surface area contributed by atoms with Crippen LogP contribution >= 0.6 is 23.2 Å². The largest absolute Gasteiger partial charge is 0.381 e. The Bertz CT molecular complexity index is 354. The highest BCUT2D eigenvalue weighted by Gasteiger charge is 2.07. The standard InChI is InChI=1S/C11H12Cl2FN/c1-3-7(2)6-15-8-4-9(12)11(14)10(13)5-8/h4-5,15H,2-3,6H2,1H3. The molecule has 0 aliphatic heterocycles. The summed E-state index contributed by atoms with van der Waals surface area (Å²) in [5.74, 6) is -0.585. The van der Waals surface area contributed by atoms with Gasteiger partial charge in [-0.2, -0.15) is 0 Å². The molecule has 0 radical (unpaired) electrons. The molecule has 1 aromatic carbocycles. The predicted octanol–water partition coefficient (Wildman–Crippen LogP) is 4.51. The summed E-state index contributed by atoms with van der Waals surface area (Å²) in [6, 6.07) is 3.01. The van der Waals surface area contributed by atoms with Crippen molar-refractivity contribution in [1.29, 1.82) is 0 Å². The summed E-state index contributed by atoms with van der Waals surface area (Å²) in [6.07, 6.45) is 0.898. The lowest BCUT2D eigenvalue weighted by molar-refractivity contribution is 0.629. The van der Waals surface area contributed by atoms with Gasteiger partial charge in [0.2, 0.25) is 0 Å². The number of nitrogens with one attached hydrogen (secondary N) is 1. The van der Waals surface area contributed by atoms with E-state index >= 15 is 0 Å². The highest BCUT2D eigenvalue weighted by molar-refractivity contribution is 6.35. The van der Waals surface area contributed by atoms with Crippen molar-refractivity contribution in [3.63, 3.8) is 0 Å². The van der Waals surface area contributed by atoms with E-state index in [1.807, 2.05) is 6.92 Å². The monoisotopic (exact) mass is 247 g/mol. The van der Waals surface area contributed by atoms with Crippen molar-refractivity contribution in [2.45, 2.75) is 13.3 Å². The van der Waals surface area contributed by atoms with Gasteiger partial charge in [0.15, 0.2) is 5.82 Å². The summed E-state index contributed by atoms with van der Waals surface area (Å²) in [7, 11) is 0. The summed E-state index contributed by atoms with van der Waals surface area (Å²) >= 11 is 11.3.